The fourth-order valence-corrected chi connectivity index (χ4v) is 4.00. The lowest BCUT2D eigenvalue weighted by atomic mass is 9.72. The average Bonchev–Trinajstić information content (AvgIpc) is 3.17. The number of piperidine rings is 2. The van der Waals surface area contributed by atoms with Gasteiger partial charge in [0.05, 0.1) is 6.61 Å². The van der Waals surface area contributed by atoms with Crippen LogP contribution in [0.4, 0.5) is 0 Å². The van der Waals surface area contributed by atoms with Crippen molar-refractivity contribution in [1.82, 2.24) is 19.6 Å². The normalized spacial score (nSPS) is 21.6. The summed E-state index contributed by atoms with van der Waals surface area (Å²) in [5.41, 5.74) is 0.160. The maximum atomic E-state index is 12.7. The van der Waals surface area contributed by atoms with Crippen molar-refractivity contribution in [3.8, 4) is 0 Å². The van der Waals surface area contributed by atoms with Crippen molar-refractivity contribution in [3.05, 3.63) is 18.5 Å². The molecule has 1 aromatic rings. The summed E-state index contributed by atoms with van der Waals surface area (Å²) in [6, 6.07) is 1.57. The fraction of sp³-hybridized carbons (Fsp3) is 0.722. The molecule has 0 bridgehead atoms. The molecule has 25 heavy (non-hydrogen) atoms. The molecule has 2 aliphatic rings. The van der Waals surface area contributed by atoms with E-state index in [1.165, 1.54) is 0 Å². The van der Waals surface area contributed by atoms with E-state index in [1.54, 1.807) is 18.0 Å². The van der Waals surface area contributed by atoms with Gasteiger partial charge in [-0.3, -0.25) is 14.3 Å². The van der Waals surface area contributed by atoms with Crippen LogP contribution in [-0.2, 0) is 14.3 Å². The SMILES string of the molecule is COCCN1CC2(CCC1=O)CCN(C(=O)[C@H](C)n1cccn1)CC2. The van der Waals surface area contributed by atoms with Gasteiger partial charge in [-0.2, -0.15) is 5.10 Å². The van der Waals surface area contributed by atoms with Crippen LogP contribution in [0.25, 0.3) is 0 Å². The van der Waals surface area contributed by atoms with E-state index in [9.17, 15) is 9.59 Å². The predicted octanol–water partition coefficient (Wildman–Crippen LogP) is 1.32. The minimum Gasteiger partial charge on any atom is -0.383 e. The molecule has 0 N–H and O–H groups in total. The summed E-state index contributed by atoms with van der Waals surface area (Å²) in [5, 5.41) is 4.18. The molecule has 2 amide bonds. The van der Waals surface area contributed by atoms with Crippen LogP contribution in [-0.4, -0.2) is 71.3 Å². The highest BCUT2D eigenvalue weighted by molar-refractivity contribution is 5.80. The zero-order valence-electron chi connectivity index (χ0n) is 15.2. The maximum absolute atomic E-state index is 12.7. The largest absolute Gasteiger partial charge is 0.383 e. The lowest BCUT2D eigenvalue weighted by Crippen LogP contribution is -2.53. The Morgan fingerprint density at radius 2 is 2.12 bits per heavy atom. The van der Waals surface area contributed by atoms with Gasteiger partial charge >= 0.3 is 0 Å². The van der Waals surface area contributed by atoms with Gasteiger partial charge in [0.1, 0.15) is 6.04 Å². The third-order valence-electron chi connectivity index (χ3n) is 5.73. The second-order valence-electron chi connectivity index (χ2n) is 7.30. The summed E-state index contributed by atoms with van der Waals surface area (Å²) in [5.74, 6) is 0.357. The van der Waals surface area contributed by atoms with Gasteiger partial charge in [-0.25, -0.2) is 0 Å². The Morgan fingerprint density at radius 1 is 1.36 bits per heavy atom. The Morgan fingerprint density at radius 3 is 2.76 bits per heavy atom. The van der Waals surface area contributed by atoms with Crippen LogP contribution in [0.3, 0.4) is 0 Å². The molecule has 7 nitrogen and oxygen atoms in total. The highest BCUT2D eigenvalue weighted by Crippen LogP contribution is 2.40. The lowest BCUT2D eigenvalue weighted by Gasteiger charge is -2.47. The summed E-state index contributed by atoms with van der Waals surface area (Å²) in [7, 11) is 1.66. The van der Waals surface area contributed by atoms with Crippen LogP contribution >= 0.6 is 0 Å². The van der Waals surface area contributed by atoms with Gasteiger partial charge in [-0.15, -0.1) is 0 Å². The smallest absolute Gasteiger partial charge is 0.247 e. The second-order valence-corrected chi connectivity index (χ2v) is 7.30. The van der Waals surface area contributed by atoms with E-state index in [1.807, 2.05) is 29.0 Å². The van der Waals surface area contributed by atoms with Crippen molar-refractivity contribution in [1.29, 1.82) is 0 Å². The van der Waals surface area contributed by atoms with Crippen LogP contribution in [0.5, 0.6) is 0 Å². The van der Waals surface area contributed by atoms with Crippen molar-refractivity contribution in [2.75, 3.05) is 39.9 Å². The summed E-state index contributed by atoms with van der Waals surface area (Å²) in [6.07, 6.45) is 6.99. The maximum Gasteiger partial charge on any atom is 0.247 e. The van der Waals surface area contributed by atoms with Crippen LogP contribution in [0.15, 0.2) is 18.5 Å². The minimum atomic E-state index is -0.268. The molecule has 1 aromatic heterocycles. The second kappa shape index (κ2) is 7.56. The summed E-state index contributed by atoms with van der Waals surface area (Å²) in [4.78, 5) is 28.7. The lowest BCUT2D eigenvalue weighted by molar-refractivity contribution is -0.144. The molecule has 0 unspecified atom stereocenters. The number of ether oxygens (including phenoxy) is 1. The fourth-order valence-electron chi connectivity index (χ4n) is 4.00. The molecule has 3 heterocycles. The zero-order chi connectivity index (χ0) is 17.9. The Balaban J connectivity index is 1.57. The molecule has 7 heteroatoms. The predicted molar refractivity (Wildman–Crippen MR) is 92.9 cm³/mol. The zero-order valence-corrected chi connectivity index (χ0v) is 15.2. The third kappa shape index (κ3) is 3.86. The van der Waals surface area contributed by atoms with E-state index in [4.69, 9.17) is 4.74 Å². The molecule has 1 spiro atoms. The first kappa shape index (κ1) is 17.9. The third-order valence-corrected chi connectivity index (χ3v) is 5.73. The van der Waals surface area contributed by atoms with Crippen LogP contribution in [0.2, 0.25) is 0 Å². The molecule has 3 rings (SSSR count). The molecule has 2 fully saturated rings. The van der Waals surface area contributed by atoms with E-state index in [-0.39, 0.29) is 23.3 Å². The number of aromatic nitrogens is 2. The standard InChI is InChI=1S/C18H28N4O3/c1-15(22-9-3-8-19-22)17(24)20-10-6-18(7-11-20)5-4-16(23)21(14-18)12-13-25-2/h3,8-9,15H,4-7,10-14H2,1-2H3/t15-/m0/s1. The molecule has 0 saturated carbocycles. The van der Waals surface area contributed by atoms with Crippen molar-refractivity contribution in [2.24, 2.45) is 5.41 Å². The van der Waals surface area contributed by atoms with E-state index >= 15 is 0 Å². The van der Waals surface area contributed by atoms with Gasteiger partial charge in [0.15, 0.2) is 0 Å². The van der Waals surface area contributed by atoms with Gasteiger partial charge in [-0.05, 0) is 37.7 Å². The number of nitrogens with zero attached hydrogens (tertiary/aromatic N) is 4. The summed E-state index contributed by atoms with van der Waals surface area (Å²) >= 11 is 0. The van der Waals surface area contributed by atoms with E-state index < -0.39 is 0 Å². The quantitative estimate of drug-likeness (QED) is 0.805. The van der Waals surface area contributed by atoms with Gasteiger partial charge in [0.2, 0.25) is 11.8 Å². The summed E-state index contributed by atoms with van der Waals surface area (Å²) < 4.78 is 6.83. The number of amides is 2. The summed E-state index contributed by atoms with van der Waals surface area (Å²) in [6.45, 7) is 5.45. The molecule has 2 saturated heterocycles. The first-order valence-electron chi connectivity index (χ1n) is 9.09. The van der Waals surface area contributed by atoms with Crippen LogP contribution in [0.1, 0.15) is 38.6 Å². The monoisotopic (exact) mass is 348 g/mol. The number of methoxy groups -OCH3 is 1. The van der Waals surface area contributed by atoms with Crippen LogP contribution < -0.4 is 0 Å². The van der Waals surface area contributed by atoms with Gasteiger partial charge in [0.25, 0.3) is 0 Å². The van der Waals surface area contributed by atoms with Crippen molar-refractivity contribution in [2.45, 2.75) is 38.6 Å². The Hall–Kier alpha value is -1.89. The molecule has 2 aliphatic heterocycles. The number of hydrogen-bond acceptors (Lipinski definition) is 4. The van der Waals surface area contributed by atoms with Gasteiger partial charge < -0.3 is 14.5 Å². The minimum absolute atomic E-state index is 0.127. The van der Waals surface area contributed by atoms with Gasteiger partial charge in [-0.1, -0.05) is 0 Å². The first-order chi connectivity index (χ1) is 12.0. The molecule has 0 aliphatic carbocycles. The Labute approximate surface area is 148 Å². The number of likely N-dealkylation sites (tertiary alicyclic amines) is 2. The number of carbonyl (C=O) groups is 2. The van der Waals surface area contributed by atoms with Crippen LogP contribution in [0, 0.1) is 5.41 Å². The van der Waals surface area contributed by atoms with E-state index in [0.717, 1.165) is 38.9 Å². The van der Waals surface area contributed by atoms with Crippen molar-refractivity contribution >= 4 is 11.8 Å². The molecule has 0 radical (unpaired) electrons. The average molecular weight is 348 g/mol. The highest BCUT2D eigenvalue weighted by atomic mass is 16.5. The molecule has 0 aromatic carbocycles. The number of rotatable bonds is 5. The molecule has 138 valence electrons. The molecular weight excluding hydrogens is 320 g/mol. The molecule has 1 atom stereocenters. The highest BCUT2D eigenvalue weighted by Gasteiger charge is 2.42. The van der Waals surface area contributed by atoms with E-state index in [0.29, 0.717) is 19.6 Å². The number of hydrogen-bond donors (Lipinski definition) is 0. The Kier molecular flexibility index (Phi) is 5.42. The topological polar surface area (TPSA) is 67.7 Å². The van der Waals surface area contributed by atoms with Crippen molar-refractivity contribution < 1.29 is 14.3 Å². The van der Waals surface area contributed by atoms with Gasteiger partial charge in [0, 0.05) is 52.1 Å². The van der Waals surface area contributed by atoms with E-state index in [2.05, 4.69) is 5.10 Å². The first-order valence-corrected chi connectivity index (χ1v) is 9.09. The molecular formula is C18H28N4O3. The number of carbonyl (C=O) groups excluding carboxylic acids is 2. The Bertz CT molecular complexity index is 593. The van der Waals surface area contributed by atoms with Crippen molar-refractivity contribution in [3.63, 3.8) is 0 Å².